The normalized spacial score (nSPS) is 15.2. The Bertz CT molecular complexity index is 1840. The van der Waals surface area contributed by atoms with Crippen LogP contribution >= 0.6 is 0 Å². The van der Waals surface area contributed by atoms with Crippen molar-refractivity contribution in [2.24, 2.45) is 5.41 Å². The van der Waals surface area contributed by atoms with Gasteiger partial charge in [0.1, 0.15) is 5.82 Å². The summed E-state index contributed by atoms with van der Waals surface area (Å²) in [6.45, 7) is 5.29. The predicted molar refractivity (Wildman–Crippen MR) is 160 cm³/mol. The smallest absolute Gasteiger partial charge is 0.253 e. The van der Waals surface area contributed by atoms with Crippen LogP contribution in [0.25, 0.3) is 16.8 Å². The monoisotopic (exact) mass is 576 g/mol. The van der Waals surface area contributed by atoms with Gasteiger partial charge in [-0.2, -0.15) is 4.98 Å². The third-order valence-corrected chi connectivity index (χ3v) is 8.05. The second kappa shape index (κ2) is 10.6. The molecule has 2 aromatic heterocycles. The lowest BCUT2D eigenvalue weighted by Crippen LogP contribution is -2.67. The average Bonchev–Trinajstić information content (AvgIpc) is 3.38. The summed E-state index contributed by atoms with van der Waals surface area (Å²) in [4.78, 5) is 31.9. The number of amides is 2. The number of anilines is 2. The van der Waals surface area contributed by atoms with Crippen LogP contribution in [-0.2, 0) is 11.3 Å². The number of benzene rings is 3. The number of ether oxygens (including phenoxy) is 1. The highest BCUT2D eigenvalue weighted by Crippen LogP contribution is 2.38. The van der Waals surface area contributed by atoms with E-state index in [1.165, 1.54) is 12.1 Å². The van der Waals surface area contributed by atoms with Crippen LogP contribution in [0.1, 0.15) is 31.8 Å². The van der Waals surface area contributed by atoms with Crippen LogP contribution in [0.2, 0.25) is 0 Å². The number of pyridine rings is 1. The molecule has 0 unspecified atom stereocenters. The molecular weight excluding hydrogens is 547 g/mol. The van der Waals surface area contributed by atoms with E-state index in [1.807, 2.05) is 60.5 Å². The Morgan fingerprint density at radius 3 is 2.35 bits per heavy atom. The highest BCUT2D eigenvalue weighted by molar-refractivity contribution is 5.96. The molecule has 7 rings (SSSR count). The van der Waals surface area contributed by atoms with Crippen LogP contribution in [0.5, 0.6) is 0 Å². The molecule has 1 spiro atoms. The Balaban J connectivity index is 0.999. The van der Waals surface area contributed by atoms with E-state index in [1.54, 1.807) is 28.8 Å². The summed E-state index contributed by atoms with van der Waals surface area (Å²) in [5.74, 6) is -0.0213. The number of aromatic nitrogens is 3. The fraction of sp³-hybridized carbons (Fsp3) is 0.212. The highest BCUT2D eigenvalue weighted by Gasteiger charge is 2.50. The van der Waals surface area contributed by atoms with Crippen molar-refractivity contribution in [1.82, 2.24) is 24.8 Å². The van der Waals surface area contributed by atoms with Crippen LogP contribution in [-0.4, -0.2) is 57.6 Å². The topological polar surface area (TPSA) is 101 Å². The van der Waals surface area contributed by atoms with Crippen LogP contribution in [0.4, 0.5) is 16.0 Å². The molecule has 2 N–H and O–H groups in total. The van der Waals surface area contributed by atoms with Crippen molar-refractivity contribution < 1.29 is 18.7 Å². The maximum absolute atomic E-state index is 13.1. The average molecular weight is 577 g/mol. The first kappa shape index (κ1) is 26.8. The van der Waals surface area contributed by atoms with E-state index in [2.05, 4.69) is 20.7 Å². The molecule has 2 aliphatic heterocycles. The van der Waals surface area contributed by atoms with Crippen molar-refractivity contribution in [3.05, 3.63) is 113 Å². The number of hydrogen-bond donors (Lipinski definition) is 2. The summed E-state index contributed by atoms with van der Waals surface area (Å²) in [7, 11) is 0. The van der Waals surface area contributed by atoms with Gasteiger partial charge in [-0.3, -0.25) is 9.59 Å². The molecule has 216 valence electrons. The van der Waals surface area contributed by atoms with Crippen molar-refractivity contribution >= 4 is 29.1 Å². The highest BCUT2D eigenvalue weighted by atomic mass is 19.1. The summed E-state index contributed by atoms with van der Waals surface area (Å²) in [5.41, 5.74) is 6.49. The molecule has 5 aromatic rings. The zero-order valence-electron chi connectivity index (χ0n) is 23.5. The third kappa shape index (κ3) is 5.32. The summed E-state index contributed by atoms with van der Waals surface area (Å²) < 4.78 is 20.1. The van der Waals surface area contributed by atoms with E-state index in [-0.39, 0.29) is 23.0 Å². The molecule has 0 radical (unpaired) electrons. The Kier molecular flexibility index (Phi) is 6.62. The number of likely N-dealkylation sites (tertiary alicyclic amines) is 1. The van der Waals surface area contributed by atoms with Crippen molar-refractivity contribution in [1.29, 1.82) is 0 Å². The molecule has 0 bridgehead atoms. The molecule has 2 fully saturated rings. The second-order valence-corrected chi connectivity index (χ2v) is 11.4. The lowest BCUT2D eigenvalue weighted by atomic mass is 9.78. The molecule has 0 saturated carbocycles. The summed E-state index contributed by atoms with van der Waals surface area (Å²) >= 11 is 0. The van der Waals surface area contributed by atoms with Crippen molar-refractivity contribution in [2.45, 2.75) is 13.5 Å². The van der Waals surface area contributed by atoms with Crippen LogP contribution < -0.4 is 10.6 Å². The maximum Gasteiger partial charge on any atom is 0.253 e. The van der Waals surface area contributed by atoms with Crippen LogP contribution in [0.3, 0.4) is 0 Å². The zero-order valence-corrected chi connectivity index (χ0v) is 23.5. The maximum atomic E-state index is 13.1. The molecule has 9 nitrogen and oxygen atoms in total. The molecule has 4 heterocycles. The largest absolute Gasteiger partial charge is 0.380 e. The Morgan fingerprint density at radius 2 is 1.65 bits per heavy atom. The van der Waals surface area contributed by atoms with Gasteiger partial charge in [-0.15, -0.1) is 5.10 Å². The quantitative estimate of drug-likeness (QED) is 0.283. The molecule has 10 heteroatoms. The molecule has 3 aromatic carbocycles. The third-order valence-electron chi connectivity index (χ3n) is 8.05. The number of aryl methyl sites for hydroxylation is 1. The molecular formula is C33H29FN6O3. The molecule has 43 heavy (non-hydrogen) atoms. The van der Waals surface area contributed by atoms with E-state index in [0.717, 1.165) is 54.2 Å². The first-order valence-electron chi connectivity index (χ1n) is 14.1. The summed E-state index contributed by atoms with van der Waals surface area (Å²) in [5, 5.41) is 10.7. The molecule has 2 saturated heterocycles. The first-order chi connectivity index (χ1) is 20.8. The van der Waals surface area contributed by atoms with Gasteiger partial charge < -0.3 is 20.3 Å². The number of nitrogens with zero attached hydrogens (tertiary/aromatic N) is 4. The van der Waals surface area contributed by atoms with Gasteiger partial charge in [-0.1, -0.05) is 24.3 Å². The first-order valence-corrected chi connectivity index (χ1v) is 14.1. The molecule has 2 amide bonds. The van der Waals surface area contributed by atoms with E-state index in [0.29, 0.717) is 29.3 Å². The SMILES string of the molecule is Cc1cc(C(=O)N2CC3(COC3)C2)ccc1Nc1nc2ccc(-c3ccc(C(=O)NCc4ccc(F)cc4)cc3)cn2n1. The number of nitrogens with one attached hydrogen (secondary N) is 2. The van der Waals surface area contributed by atoms with Gasteiger partial charge in [0.2, 0.25) is 5.95 Å². The number of fused-ring (bicyclic) bond motifs is 1. The number of hydrogen-bond acceptors (Lipinski definition) is 6. The van der Waals surface area contributed by atoms with E-state index >= 15 is 0 Å². The van der Waals surface area contributed by atoms with Crippen molar-refractivity contribution in [3.8, 4) is 11.1 Å². The molecule has 0 aliphatic carbocycles. The zero-order chi connectivity index (χ0) is 29.6. The fourth-order valence-corrected chi connectivity index (χ4v) is 5.53. The predicted octanol–water partition coefficient (Wildman–Crippen LogP) is 4.99. The van der Waals surface area contributed by atoms with Gasteiger partial charge in [-0.05, 0) is 78.2 Å². The van der Waals surface area contributed by atoms with Gasteiger partial charge in [0, 0.05) is 48.2 Å². The number of carbonyl (C=O) groups is 2. The fourth-order valence-electron chi connectivity index (χ4n) is 5.53. The molecule has 0 atom stereocenters. The standard InChI is InChI=1S/C33H29FN6O3/c1-21-14-25(31(42)39-17-33(18-39)19-43-20-33)8-12-28(21)36-32-37-29-13-9-26(16-40(29)38-32)23-4-6-24(7-5-23)30(41)35-15-22-2-10-27(34)11-3-22/h2-14,16H,15,17-20H2,1H3,(H,35,41)(H,36,38). The lowest BCUT2D eigenvalue weighted by molar-refractivity contribution is -0.176. The summed E-state index contributed by atoms with van der Waals surface area (Å²) in [6.07, 6.45) is 1.89. The number of rotatable bonds is 7. The number of halogens is 1. The van der Waals surface area contributed by atoms with Crippen LogP contribution in [0, 0.1) is 18.2 Å². The van der Waals surface area contributed by atoms with Crippen molar-refractivity contribution in [2.75, 3.05) is 31.6 Å². The number of carbonyl (C=O) groups excluding carboxylic acids is 2. The van der Waals surface area contributed by atoms with Crippen molar-refractivity contribution in [3.63, 3.8) is 0 Å². The minimum Gasteiger partial charge on any atom is -0.380 e. The lowest BCUT2D eigenvalue weighted by Gasteiger charge is -2.54. The van der Waals surface area contributed by atoms with Gasteiger partial charge >= 0.3 is 0 Å². The van der Waals surface area contributed by atoms with Crippen LogP contribution in [0.15, 0.2) is 85.1 Å². The second-order valence-electron chi connectivity index (χ2n) is 11.4. The van der Waals surface area contributed by atoms with E-state index < -0.39 is 0 Å². The Hall–Kier alpha value is -5.09. The van der Waals surface area contributed by atoms with Gasteiger partial charge in [-0.25, -0.2) is 8.91 Å². The Morgan fingerprint density at radius 1 is 0.930 bits per heavy atom. The minimum absolute atomic E-state index is 0.0456. The summed E-state index contributed by atoms with van der Waals surface area (Å²) in [6, 6.07) is 22.8. The van der Waals surface area contributed by atoms with Gasteiger partial charge in [0.05, 0.1) is 18.6 Å². The van der Waals surface area contributed by atoms with Gasteiger partial charge in [0.15, 0.2) is 5.65 Å². The molecule has 2 aliphatic rings. The van der Waals surface area contributed by atoms with E-state index in [9.17, 15) is 14.0 Å². The minimum atomic E-state index is -0.308. The Labute approximate surface area is 247 Å². The van der Waals surface area contributed by atoms with Gasteiger partial charge in [0.25, 0.3) is 11.8 Å². The van der Waals surface area contributed by atoms with E-state index in [4.69, 9.17) is 4.74 Å².